The Labute approximate surface area is 199 Å². The summed E-state index contributed by atoms with van der Waals surface area (Å²) in [6.07, 6.45) is 0. The lowest BCUT2D eigenvalue weighted by Crippen LogP contribution is -2.36. The molecule has 0 unspecified atom stereocenters. The van der Waals surface area contributed by atoms with E-state index in [0.717, 1.165) is 11.8 Å². The molecule has 172 valence electrons. The fourth-order valence-electron chi connectivity index (χ4n) is 3.29. The van der Waals surface area contributed by atoms with Gasteiger partial charge < -0.3 is 10.2 Å². The van der Waals surface area contributed by atoms with E-state index in [0.29, 0.717) is 27.4 Å². The third-order valence-electron chi connectivity index (χ3n) is 5.02. The van der Waals surface area contributed by atoms with Gasteiger partial charge in [-0.05, 0) is 48.5 Å². The Hall–Kier alpha value is -3.98. The van der Waals surface area contributed by atoms with Gasteiger partial charge in [0.05, 0.1) is 28.9 Å². The molecule has 0 saturated carbocycles. The molecule has 0 aliphatic rings. The van der Waals surface area contributed by atoms with Gasteiger partial charge in [0.1, 0.15) is 5.82 Å². The number of carbonyl (C=O) groups is 2. The van der Waals surface area contributed by atoms with E-state index in [1.807, 2.05) is 18.2 Å². The highest BCUT2D eigenvalue weighted by atomic mass is 32.2. The van der Waals surface area contributed by atoms with E-state index in [1.54, 1.807) is 36.4 Å². The van der Waals surface area contributed by atoms with Crippen LogP contribution in [0.2, 0.25) is 0 Å². The van der Waals surface area contributed by atoms with Crippen LogP contribution in [0.5, 0.6) is 0 Å². The molecule has 0 aliphatic heterocycles. The Bertz CT molecular complexity index is 1390. The first-order valence-electron chi connectivity index (χ1n) is 10.4. The summed E-state index contributed by atoms with van der Waals surface area (Å²) in [5.41, 5.74) is 1.40. The number of carbonyl (C=O) groups excluding carboxylic acids is 2. The zero-order valence-electron chi connectivity index (χ0n) is 18.3. The Morgan fingerprint density at radius 1 is 1.00 bits per heavy atom. The van der Waals surface area contributed by atoms with E-state index in [1.165, 1.54) is 40.8 Å². The van der Waals surface area contributed by atoms with Crippen molar-refractivity contribution in [1.29, 1.82) is 0 Å². The van der Waals surface area contributed by atoms with Gasteiger partial charge in [-0.2, -0.15) is 0 Å². The summed E-state index contributed by atoms with van der Waals surface area (Å²) in [6.45, 7) is -0.173. The second-order valence-corrected chi connectivity index (χ2v) is 8.42. The van der Waals surface area contributed by atoms with E-state index in [4.69, 9.17) is 0 Å². The Morgan fingerprint density at radius 2 is 1.68 bits per heavy atom. The third kappa shape index (κ3) is 5.32. The number of thioether (sulfide) groups is 1. The monoisotopic (exact) mass is 476 g/mol. The summed E-state index contributed by atoms with van der Waals surface area (Å²) in [5.74, 6) is -1.13. The number of fused-ring (bicyclic) bond motifs is 1. The van der Waals surface area contributed by atoms with Crippen molar-refractivity contribution < 1.29 is 14.0 Å². The zero-order chi connectivity index (χ0) is 24.1. The Kier molecular flexibility index (Phi) is 7.03. The van der Waals surface area contributed by atoms with Crippen molar-refractivity contribution in [3.8, 4) is 5.69 Å². The molecule has 1 N–H and O–H groups in total. The molecular formula is C25H21FN4O3S. The molecule has 4 aromatic rings. The molecule has 0 fully saturated rings. The minimum atomic E-state index is -0.405. The van der Waals surface area contributed by atoms with Crippen LogP contribution in [-0.2, 0) is 9.59 Å². The average molecular weight is 477 g/mol. The smallest absolute Gasteiger partial charge is 0.266 e. The van der Waals surface area contributed by atoms with Gasteiger partial charge in [0.2, 0.25) is 11.8 Å². The second-order valence-electron chi connectivity index (χ2n) is 7.48. The molecule has 1 aromatic heterocycles. The number of nitrogens with one attached hydrogen (secondary N) is 1. The van der Waals surface area contributed by atoms with Crippen molar-refractivity contribution in [1.82, 2.24) is 14.5 Å². The molecule has 34 heavy (non-hydrogen) atoms. The van der Waals surface area contributed by atoms with E-state index >= 15 is 0 Å². The van der Waals surface area contributed by atoms with Crippen LogP contribution in [-0.4, -0.2) is 45.6 Å². The first kappa shape index (κ1) is 23.2. The second kappa shape index (κ2) is 10.3. The summed E-state index contributed by atoms with van der Waals surface area (Å²) in [4.78, 5) is 44.1. The molecule has 0 spiro atoms. The normalized spacial score (nSPS) is 10.8. The highest BCUT2D eigenvalue weighted by Crippen LogP contribution is 2.21. The maximum absolute atomic E-state index is 13.2. The van der Waals surface area contributed by atoms with Crippen molar-refractivity contribution in [2.24, 2.45) is 0 Å². The van der Waals surface area contributed by atoms with Crippen LogP contribution in [0.25, 0.3) is 16.6 Å². The molecule has 0 saturated heterocycles. The molecule has 9 heteroatoms. The number of benzene rings is 3. The largest absolute Gasteiger partial charge is 0.336 e. The summed E-state index contributed by atoms with van der Waals surface area (Å²) in [7, 11) is 1.52. The molecule has 3 aromatic carbocycles. The van der Waals surface area contributed by atoms with Crippen molar-refractivity contribution in [3.05, 3.63) is 95.0 Å². The van der Waals surface area contributed by atoms with Gasteiger partial charge in [-0.3, -0.25) is 19.0 Å². The van der Waals surface area contributed by atoms with Gasteiger partial charge in [0, 0.05) is 12.7 Å². The standard InChI is InChI=1S/C25H21FN4O3S/c1-29(15-22(31)27-18-13-11-17(26)12-14-18)23(32)16-34-25-28-21-10-6-5-9-20(21)24(33)30(25)19-7-3-2-4-8-19/h2-14H,15-16H2,1H3,(H,27,31). The number of rotatable bonds is 7. The molecule has 4 rings (SSSR count). The lowest BCUT2D eigenvalue weighted by Gasteiger charge is -2.17. The quantitative estimate of drug-likeness (QED) is 0.325. The summed E-state index contributed by atoms with van der Waals surface area (Å²) >= 11 is 1.13. The molecule has 0 atom stereocenters. The SMILES string of the molecule is CN(CC(=O)Nc1ccc(F)cc1)C(=O)CSc1nc2ccccc2c(=O)n1-c1ccccc1. The number of likely N-dealkylation sites (N-methyl/N-ethyl adjacent to an activating group) is 1. The summed E-state index contributed by atoms with van der Waals surface area (Å²) < 4.78 is 14.5. The van der Waals surface area contributed by atoms with Gasteiger partial charge in [-0.15, -0.1) is 0 Å². The fourth-order valence-corrected chi connectivity index (χ4v) is 4.24. The first-order chi connectivity index (χ1) is 16.4. The molecular weight excluding hydrogens is 455 g/mol. The van der Waals surface area contributed by atoms with Crippen molar-refractivity contribution in [3.63, 3.8) is 0 Å². The molecule has 0 bridgehead atoms. The number of anilines is 1. The Balaban J connectivity index is 1.49. The van der Waals surface area contributed by atoms with Crippen LogP contribution in [0, 0.1) is 5.82 Å². The van der Waals surface area contributed by atoms with Crippen molar-refractivity contribution in [2.45, 2.75) is 5.16 Å². The van der Waals surface area contributed by atoms with Gasteiger partial charge >= 0.3 is 0 Å². The highest BCUT2D eigenvalue weighted by Gasteiger charge is 2.17. The maximum Gasteiger partial charge on any atom is 0.266 e. The lowest BCUT2D eigenvalue weighted by atomic mass is 10.2. The lowest BCUT2D eigenvalue weighted by molar-refractivity contribution is -0.131. The molecule has 0 aliphatic carbocycles. The summed E-state index contributed by atoms with van der Waals surface area (Å²) in [6, 6.07) is 21.5. The number of hydrogen-bond acceptors (Lipinski definition) is 5. The van der Waals surface area contributed by atoms with Crippen molar-refractivity contribution >= 4 is 40.2 Å². The van der Waals surface area contributed by atoms with E-state index < -0.39 is 11.7 Å². The number of amides is 2. The van der Waals surface area contributed by atoms with Crippen LogP contribution in [0.1, 0.15) is 0 Å². The first-order valence-corrected chi connectivity index (χ1v) is 11.4. The van der Waals surface area contributed by atoms with Crippen LogP contribution in [0.4, 0.5) is 10.1 Å². The number of aromatic nitrogens is 2. The third-order valence-corrected chi connectivity index (χ3v) is 5.94. The van der Waals surface area contributed by atoms with E-state index in [-0.39, 0.29) is 23.8 Å². The van der Waals surface area contributed by atoms with Gasteiger partial charge in [0.25, 0.3) is 5.56 Å². The molecule has 2 amide bonds. The number of halogens is 1. The minimum Gasteiger partial charge on any atom is -0.336 e. The van der Waals surface area contributed by atoms with Gasteiger partial charge in [-0.25, -0.2) is 9.37 Å². The fraction of sp³-hybridized carbons (Fsp3) is 0.120. The summed E-state index contributed by atoms with van der Waals surface area (Å²) in [5, 5.41) is 3.49. The zero-order valence-corrected chi connectivity index (χ0v) is 19.1. The van der Waals surface area contributed by atoms with Crippen LogP contribution >= 0.6 is 11.8 Å². The number of nitrogens with zero attached hydrogens (tertiary/aromatic N) is 3. The van der Waals surface area contributed by atoms with Gasteiger partial charge in [0.15, 0.2) is 5.16 Å². The predicted octanol–water partition coefficient (Wildman–Crippen LogP) is 3.71. The molecule has 1 heterocycles. The van der Waals surface area contributed by atoms with Gasteiger partial charge in [-0.1, -0.05) is 42.1 Å². The molecule has 0 radical (unpaired) electrons. The van der Waals surface area contributed by atoms with E-state index in [2.05, 4.69) is 10.3 Å². The highest BCUT2D eigenvalue weighted by molar-refractivity contribution is 7.99. The number of para-hydroxylation sites is 2. The van der Waals surface area contributed by atoms with Crippen LogP contribution in [0.15, 0.2) is 88.8 Å². The number of hydrogen-bond donors (Lipinski definition) is 1. The minimum absolute atomic E-state index is 0.0159. The van der Waals surface area contributed by atoms with E-state index in [9.17, 15) is 18.8 Å². The van der Waals surface area contributed by atoms with Crippen LogP contribution < -0.4 is 10.9 Å². The predicted molar refractivity (Wildman–Crippen MR) is 131 cm³/mol. The average Bonchev–Trinajstić information content (AvgIpc) is 2.84. The maximum atomic E-state index is 13.2. The van der Waals surface area contributed by atoms with Crippen LogP contribution in [0.3, 0.4) is 0 Å². The topological polar surface area (TPSA) is 84.3 Å². The Morgan fingerprint density at radius 3 is 2.41 bits per heavy atom. The molecule has 7 nitrogen and oxygen atoms in total. The van der Waals surface area contributed by atoms with Crippen molar-refractivity contribution in [2.75, 3.05) is 24.7 Å².